The smallest absolute Gasteiger partial charge is 0.307 e. The summed E-state index contributed by atoms with van der Waals surface area (Å²) in [7, 11) is 1.47. The molecule has 2 aliphatic heterocycles. The van der Waals surface area contributed by atoms with Crippen molar-refractivity contribution in [3.8, 4) is 17.6 Å². The van der Waals surface area contributed by atoms with Gasteiger partial charge in [-0.3, -0.25) is 29.5 Å². The predicted molar refractivity (Wildman–Crippen MR) is 150 cm³/mol. The number of Topliss-reactive ketones (excluding diaryl/α,β-unsaturated/α-hetero) is 1. The Kier molecular flexibility index (Phi) is 8.19. The zero-order valence-electron chi connectivity index (χ0n) is 24.0. The van der Waals surface area contributed by atoms with Crippen LogP contribution in [0.1, 0.15) is 71.8 Å². The van der Waals surface area contributed by atoms with E-state index in [1.165, 1.54) is 18.0 Å². The molecule has 2 aliphatic rings. The number of amidine groups is 1. The summed E-state index contributed by atoms with van der Waals surface area (Å²) in [6, 6.07) is 6.68. The van der Waals surface area contributed by atoms with E-state index in [2.05, 4.69) is 10.3 Å². The Morgan fingerprint density at radius 3 is 2.60 bits per heavy atom. The fourth-order valence-electron chi connectivity index (χ4n) is 4.90. The first-order chi connectivity index (χ1) is 19.8. The highest BCUT2D eigenvalue weighted by Gasteiger charge is 2.40. The highest BCUT2D eigenvalue weighted by atomic mass is 16.5. The molecule has 2 amide bonds. The second-order valence-corrected chi connectivity index (χ2v) is 10.9. The highest BCUT2D eigenvalue weighted by Crippen LogP contribution is 2.44. The lowest BCUT2D eigenvalue weighted by molar-refractivity contribution is -0.142. The van der Waals surface area contributed by atoms with E-state index in [-0.39, 0.29) is 65.4 Å². The minimum atomic E-state index is -1.32. The van der Waals surface area contributed by atoms with Crippen LogP contribution in [-0.2, 0) is 21.5 Å². The summed E-state index contributed by atoms with van der Waals surface area (Å²) < 4.78 is 11.5. The average Bonchev–Trinajstić information content (AvgIpc) is 3.22. The third-order valence-electron chi connectivity index (χ3n) is 6.93. The lowest BCUT2D eigenvalue weighted by Gasteiger charge is -2.36. The fourth-order valence-corrected chi connectivity index (χ4v) is 4.90. The Hall–Kier alpha value is -4.99. The van der Waals surface area contributed by atoms with Crippen LogP contribution in [0.15, 0.2) is 18.2 Å². The van der Waals surface area contributed by atoms with Gasteiger partial charge >= 0.3 is 5.97 Å². The van der Waals surface area contributed by atoms with Crippen molar-refractivity contribution in [1.82, 2.24) is 15.2 Å². The summed E-state index contributed by atoms with van der Waals surface area (Å²) in [5.41, 5.74) is 1.36. The van der Waals surface area contributed by atoms with Crippen LogP contribution in [0, 0.1) is 16.7 Å². The number of aliphatic carboxylic acids is 1. The number of amides is 2. The van der Waals surface area contributed by atoms with Crippen molar-refractivity contribution >= 4 is 35.1 Å². The van der Waals surface area contributed by atoms with Crippen molar-refractivity contribution in [3.05, 3.63) is 46.3 Å². The van der Waals surface area contributed by atoms with Gasteiger partial charge in [-0.2, -0.15) is 5.26 Å². The van der Waals surface area contributed by atoms with Gasteiger partial charge in [0, 0.05) is 30.3 Å². The van der Waals surface area contributed by atoms with Crippen LogP contribution in [0.3, 0.4) is 0 Å². The molecule has 1 aromatic carbocycles. The van der Waals surface area contributed by atoms with Gasteiger partial charge in [0.2, 0.25) is 0 Å². The Bertz CT molecular complexity index is 1540. The van der Waals surface area contributed by atoms with Crippen LogP contribution < -0.4 is 19.7 Å². The van der Waals surface area contributed by atoms with E-state index in [4.69, 9.17) is 14.9 Å². The SMILES string of the molecule is CCOc1cc2c(nc1C(=O)NC)C(=N)N(CC(=O)c1cc3c(c(C(C)(C)C)c1)OC(CC(=O)O)C(=O)N3CC#N)C2. The topological polar surface area (TPSA) is 186 Å². The summed E-state index contributed by atoms with van der Waals surface area (Å²) in [6.07, 6.45) is -1.90. The lowest BCUT2D eigenvalue weighted by atomic mass is 9.83. The fraction of sp³-hybridized carbons (Fsp3) is 0.414. The molecule has 13 heteroatoms. The quantitative estimate of drug-likeness (QED) is 0.295. The molecule has 0 radical (unpaired) electrons. The van der Waals surface area contributed by atoms with E-state index >= 15 is 0 Å². The van der Waals surface area contributed by atoms with Crippen LogP contribution in [0.2, 0.25) is 0 Å². The molecule has 0 saturated carbocycles. The Morgan fingerprint density at radius 2 is 2.00 bits per heavy atom. The van der Waals surface area contributed by atoms with Gasteiger partial charge in [0.1, 0.15) is 23.8 Å². The normalized spacial score (nSPS) is 15.9. The standard InChI is InChI=1S/C29H32N6O7/c1-6-41-20-11-16-13-34(26(31)23(16)33-24(20)27(39)32-5)14-19(36)15-9-17(29(2,3)4)25-18(10-15)35(8-7-30)28(40)21(42-25)12-22(37)38/h9-11,21,31H,6,8,12-14H2,1-5H3,(H,32,39)(H,37,38). The highest BCUT2D eigenvalue weighted by molar-refractivity contribution is 6.08. The summed E-state index contributed by atoms with van der Waals surface area (Å²) in [5, 5.41) is 29.9. The number of ketones is 1. The second-order valence-electron chi connectivity index (χ2n) is 10.9. The molecule has 3 N–H and O–H groups in total. The first-order valence-corrected chi connectivity index (χ1v) is 13.3. The zero-order chi connectivity index (χ0) is 30.9. The molecular formula is C29H32N6O7. The van der Waals surface area contributed by atoms with Crippen molar-refractivity contribution in [2.45, 2.75) is 52.2 Å². The van der Waals surface area contributed by atoms with E-state index in [9.17, 15) is 29.5 Å². The molecule has 3 heterocycles. The number of pyridine rings is 1. The minimum absolute atomic E-state index is 0.0262. The number of carbonyl (C=O) groups is 4. The Morgan fingerprint density at radius 1 is 1.29 bits per heavy atom. The van der Waals surface area contributed by atoms with Crippen molar-refractivity contribution in [1.29, 1.82) is 10.7 Å². The molecule has 0 saturated heterocycles. The van der Waals surface area contributed by atoms with E-state index < -0.39 is 35.7 Å². The molecule has 42 heavy (non-hydrogen) atoms. The maximum Gasteiger partial charge on any atom is 0.307 e. The first-order valence-electron chi connectivity index (χ1n) is 13.3. The van der Waals surface area contributed by atoms with Crippen molar-refractivity contribution in [2.75, 3.05) is 31.6 Å². The molecule has 220 valence electrons. The van der Waals surface area contributed by atoms with Gasteiger partial charge in [0.25, 0.3) is 11.8 Å². The van der Waals surface area contributed by atoms with Crippen LogP contribution in [0.5, 0.6) is 11.5 Å². The number of nitrogens with one attached hydrogen (secondary N) is 2. The van der Waals surface area contributed by atoms with Crippen LogP contribution in [-0.4, -0.2) is 77.2 Å². The average molecular weight is 577 g/mol. The van der Waals surface area contributed by atoms with E-state index in [0.29, 0.717) is 17.7 Å². The summed E-state index contributed by atoms with van der Waals surface area (Å²) >= 11 is 0. The minimum Gasteiger partial charge on any atom is -0.491 e. The van der Waals surface area contributed by atoms with Crippen molar-refractivity contribution < 1.29 is 33.8 Å². The maximum atomic E-state index is 13.7. The van der Waals surface area contributed by atoms with Gasteiger partial charge in [0.05, 0.1) is 31.3 Å². The molecule has 0 spiro atoms. The molecular weight excluding hydrogens is 544 g/mol. The molecule has 0 aliphatic carbocycles. The molecule has 1 aromatic heterocycles. The monoisotopic (exact) mass is 576 g/mol. The summed E-state index contributed by atoms with van der Waals surface area (Å²) in [6.45, 7) is 7.37. The molecule has 1 atom stereocenters. The van der Waals surface area contributed by atoms with E-state index in [1.807, 2.05) is 26.8 Å². The maximum absolute atomic E-state index is 13.7. The molecule has 2 aromatic rings. The number of fused-ring (bicyclic) bond motifs is 2. The third-order valence-corrected chi connectivity index (χ3v) is 6.93. The number of carboxylic acids is 1. The van der Waals surface area contributed by atoms with Crippen LogP contribution in [0.25, 0.3) is 0 Å². The summed E-state index contributed by atoms with van der Waals surface area (Å²) in [5.74, 6) is -2.24. The first kappa shape index (κ1) is 30.0. The van der Waals surface area contributed by atoms with Gasteiger partial charge in [-0.05, 0) is 30.5 Å². The summed E-state index contributed by atoms with van der Waals surface area (Å²) in [4.78, 5) is 57.6. The van der Waals surface area contributed by atoms with E-state index in [1.54, 1.807) is 19.1 Å². The largest absolute Gasteiger partial charge is 0.491 e. The number of benzene rings is 1. The Balaban J connectivity index is 1.70. The molecule has 0 bridgehead atoms. The number of anilines is 1. The van der Waals surface area contributed by atoms with Gasteiger partial charge in [-0.1, -0.05) is 20.8 Å². The van der Waals surface area contributed by atoms with Crippen molar-refractivity contribution in [2.24, 2.45) is 0 Å². The van der Waals surface area contributed by atoms with Crippen molar-refractivity contribution in [3.63, 3.8) is 0 Å². The molecule has 0 fully saturated rings. The number of hydrogen-bond acceptors (Lipinski definition) is 9. The molecule has 1 unspecified atom stereocenters. The number of nitrogens with zero attached hydrogens (tertiary/aromatic N) is 4. The number of nitriles is 1. The van der Waals surface area contributed by atoms with Gasteiger partial charge < -0.3 is 24.8 Å². The van der Waals surface area contributed by atoms with Crippen LogP contribution >= 0.6 is 0 Å². The Labute approximate surface area is 242 Å². The lowest BCUT2D eigenvalue weighted by Crippen LogP contribution is -2.47. The zero-order valence-corrected chi connectivity index (χ0v) is 24.0. The molecule has 13 nitrogen and oxygen atoms in total. The predicted octanol–water partition coefficient (Wildman–Crippen LogP) is 2.25. The van der Waals surface area contributed by atoms with Gasteiger partial charge in [-0.25, -0.2) is 4.98 Å². The van der Waals surface area contributed by atoms with Gasteiger partial charge in [-0.15, -0.1) is 0 Å². The number of carbonyl (C=O) groups excluding carboxylic acids is 3. The number of carboxylic acid groups (broad SMARTS) is 1. The molecule has 4 rings (SSSR count). The number of ether oxygens (including phenoxy) is 2. The van der Waals surface area contributed by atoms with Crippen LogP contribution in [0.4, 0.5) is 5.69 Å². The number of hydrogen-bond donors (Lipinski definition) is 3. The second kappa shape index (κ2) is 11.5. The third kappa shape index (κ3) is 5.60. The van der Waals surface area contributed by atoms with E-state index in [0.717, 1.165) is 4.90 Å². The number of rotatable bonds is 9. The number of aromatic nitrogens is 1. The van der Waals surface area contributed by atoms with Gasteiger partial charge in [0.15, 0.2) is 23.3 Å².